The number of halogens is 1. The van der Waals surface area contributed by atoms with Crippen molar-refractivity contribution in [3.05, 3.63) is 76.5 Å². The molecule has 0 aliphatic rings. The molecule has 2 aromatic rings. The summed E-state index contributed by atoms with van der Waals surface area (Å²) in [7, 11) is 0. The quantitative estimate of drug-likeness (QED) is 0.625. The van der Waals surface area contributed by atoms with E-state index >= 15 is 0 Å². The van der Waals surface area contributed by atoms with Crippen LogP contribution in [0.2, 0.25) is 0 Å². The van der Waals surface area contributed by atoms with Crippen LogP contribution in [0.4, 0.5) is 0 Å². The van der Waals surface area contributed by atoms with Gasteiger partial charge < -0.3 is 4.74 Å². The maximum absolute atomic E-state index is 11.6. The zero-order chi connectivity index (χ0) is 12.8. The molecule has 2 aromatic carbocycles. The largest absolute Gasteiger partial charge is 0.431 e. The summed E-state index contributed by atoms with van der Waals surface area (Å²) in [5, 5.41) is 0. The molecule has 0 saturated heterocycles. The van der Waals surface area contributed by atoms with Gasteiger partial charge in [0.1, 0.15) is 0 Å². The highest BCUT2D eigenvalue weighted by molar-refractivity contribution is 9.10. The van der Waals surface area contributed by atoms with Crippen LogP contribution in [0.25, 0.3) is 6.08 Å². The normalized spacial score (nSPS) is 10.5. The average molecular weight is 303 g/mol. The molecular weight excluding hydrogens is 292 g/mol. The van der Waals surface area contributed by atoms with Gasteiger partial charge in [-0.15, -0.1) is 0 Å². The van der Waals surface area contributed by atoms with Gasteiger partial charge in [0.15, 0.2) is 0 Å². The molecule has 0 aromatic heterocycles. The molecule has 18 heavy (non-hydrogen) atoms. The van der Waals surface area contributed by atoms with E-state index in [9.17, 15) is 4.79 Å². The summed E-state index contributed by atoms with van der Waals surface area (Å²) in [5.41, 5.74) is 1.50. The molecule has 0 spiro atoms. The van der Waals surface area contributed by atoms with Crippen molar-refractivity contribution in [1.29, 1.82) is 0 Å². The van der Waals surface area contributed by atoms with Gasteiger partial charge in [-0.3, -0.25) is 0 Å². The molecule has 0 N–H and O–H groups in total. The second kappa shape index (κ2) is 6.17. The van der Waals surface area contributed by atoms with Gasteiger partial charge in [-0.2, -0.15) is 0 Å². The zero-order valence-corrected chi connectivity index (χ0v) is 11.1. The molecular formula is C15H11BrO2. The Morgan fingerprint density at radius 2 is 1.83 bits per heavy atom. The van der Waals surface area contributed by atoms with Crippen LogP contribution in [-0.4, -0.2) is 5.97 Å². The summed E-state index contributed by atoms with van der Waals surface area (Å²) in [6.07, 6.45) is 3.14. The van der Waals surface area contributed by atoms with Crippen molar-refractivity contribution in [2.24, 2.45) is 0 Å². The molecule has 3 heteroatoms. The molecule has 0 fully saturated rings. The fraction of sp³-hybridized carbons (Fsp3) is 0. The summed E-state index contributed by atoms with van der Waals surface area (Å²) >= 11 is 3.38. The summed E-state index contributed by atoms with van der Waals surface area (Å²) in [6, 6.07) is 16.6. The van der Waals surface area contributed by atoms with Crippen LogP contribution in [0.1, 0.15) is 15.9 Å². The summed E-state index contributed by atoms with van der Waals surface area (Å²) in [4.78, 5) is 11.6. The Morgan fingerprint density at radius 3 is 2.56 bits per heavy atom. The number of carbonyl (C=O) groups excluding carboxylic acids is 1. The zero-order valence-electron chi connectivity index (χ0n) is 9.55. The SMILES string of the molecule is O=C(OC=Cc1cccc(Br)c1)c1ccccc1. The number of esters is 1. The van der Waals surface area contributed by atoms with Gasteiger partial charge in [0.25, 0.3) is 0 Å². The Morgan fingerprint density at radius 1 is 1.06 bits per heavy atom. The summed E-state index contributed by atoms with van der Waals surface area (Å²) in [6.45, 7) is 0. The van der Waals surface area contributed by atoms with E-state index in [1.54, 1.807) is 30.3 Å². The van der Waals surface area contributed by atoms with Crippen molar-refractivity contribution >= 4 is 28.0 Å². The van der Waals surface area contributed by atoms with Crippen molar-refractivity contribution in [3.8, 4) is 0 Å². The van der Waals surface area contributed by atoms with Crippen LogP contribution in [0.5, 0.6) is 0 Å². The summed E-state index contributed by atoms with van der Waals surface area (Å²) < 4.78 is 6.02. The highest BCUT2D eigenvalue weighted by atomic mass is 79.9. The molecule has 0 unspecified atom stereocenters. The molecule has 0 atom stereocenters. The monoisotopic (exact) mass is 302 g/mol. The molecule has 0 aliphatic heterocycles. The number of hydrogen-bond donors (Lipinski definition) is 0. The molecule has 0 radical (unpaired) electrons. The smallest absolute Gasteiger partial charge is 0.342 e. The van der Waals surface area contributed by atoms with Crippen molar-refractivity contribution < 1.29 is 9.53 Å². The van der Waals surface area contributed by atoms with Crippen molar-refractivity contribution in [2.75, 3.05) is 0 Å². The van der Waals surface area contributed by atoms with Gasteiger partial charge in [0, 0.05) is 4.47 Å². The van der Waals surface area contributed by atoms with E-state index in [1.165, 1.54) is 6.26 Å². The van der Waals surface area contributed by atoms with E-state index in [4.69, 9.17) is 4.74 Å². The van der Waals surface area contributed by atoms with E-state index in [0.717, 1.165) is 10.0 Å². The predicted octanol–water partition coefficient (Wildman–Crippen LogP) is 4.28. The third-order valence-corrected chi connectivity index (χ3v) is 2.79. The van der Waals surface area contributed by atoms with Crippen molar-refractivity contribution in [3.63, 3.8) is 0 Å². The minimum absolute atomic E-state index is 0.359. The standard InChI is InChI=1S/C15H11BrO2/c16-14-8-4-5-12(11-14)9-10-18-15(17)13-6-2-1-3-7-13/h1-11H. The molecule has 2 nitrogen and oxygen atoms in total. The third kappa shape index (κ3) is 3.57. The minimum atomic E-state index is -0.359. The molecule has 0 saturated carbocycles. The first kappa shape index (κ1) is 12.6. The van der Waals surface area contributed by atoms with Crippen LogP contribution in [-0.2, 0) is 4.74 Å². The van der Waals surface area contributed by atoms with E-state index in [1.807, 2.05) is 30.3 Å². The molecule has 0 bridgehead atoms. The molecule has 2 rings (SSSR count). The Bertz CT molecular complexity index is 562. The van der Waals surface area contributed by atoms with Crippen molar-refractivity contribution in [2.45, 2.75) is 0 Å². The van der Waals surface area contributed by atoms with Crippen LogP contribution >= 0.6 is 15.9 Å². The first-order valence-corrected chi connectivity index (χ1v) is 6.23. The van der Waals surface area contributed by atoms with E-state index in [0.29, 0.717) is 5.56 Å². The minimum Gasteiger partial charge on any atom is -0.431 e. The lowest BCUT2D eigenvalue weighted by Crippen LogP contribution is -1.99. The molecule has 0 amide bonds. The average Bonchev–Trinajstić information content (AvgIpc) is 2.40. The van der Waals surface area contributed by atoms with Gasteiger partial charge in [0.05, 0.1) is 11.8 Å². The van der Waals surface area contributed by atoms with E-state index in [2.05, 4.69) is 15.9 Å². The van der Waals surface area contributed by atoms with Gasteiger partial charge >= 0.3 is 5.97 Å². The van der Waals surface area contributed by atoms with Crippen LogP contribution in [0.3, 0.4) is 0 Å². The maximum atomic E-state index is 11.6. The van der Waals surface area contributed by atoms with E-state index < -0.39 is 0 Å². The Kier molecular flexibility index (Phi) is 4.31. The fourth-order valence-electron chi connectivity index (χ4n) is 1.43. The Hall–Kier alpha value is -1.87. The first-order valence-electron chi connectivity index (χ1n) is 5.44. The van der Waals surface area contributed by atoms with Gasteiger partial charge in [-0.1, -0.05) is 46.3 Å². The first-order chi connectivity index (χ1) is 8.75. The molecule has 90 valence electrons. The second-order valence-corrected chi connectivity index (χ2v) is 4.54. The third-order valence-electron chi connectivity index (χ3n) is 2.29. The van der Waals surface area contributed by atoms with Crippen LogP contribution in [0.15, 0.2) is 65.3 Å². The number of rotatable bonds is 3. The summed E-state index contributed by atoms with van der Waals surface area (Å²) in [5.74, 6) is -0.359. The topological polar surface area (TPSA) is 26.3 Å². The van der Waals surface area contributed by atoms with E-state index in [-0.39, 0.29) is 5.97 Å². The molecule has 0 aliphatic carbocycles. The lowest BCUT2D eigenvalue weighted by Gasteiger charge is -1.98. The Balaban J connectivity index is 1.98. The lowest BCUT2D eigenvalue weighted by atomic mass is 10.2. The van der Waals surface area contributed by atoms with Crippen LogP contribution < -0.4 is 0 Å². The van der Waals surface area contributed by atoms with Gasteiger partial charge in [-0.25, -0.2) is 4.79 Å². The number of benzene rings is 2. The highest BCUT2D eigenvalue weighted by Gasteiger charge is 2.02. The number of carbonyl (C=O) groups is 1. The fourth-order valence-corrected chi connectivity index (χ4v) is 1.84. The van der Waals surface area contributed by atoms with Gasteiger partial charge in [0.2, 0.25) is 0 Å². The Labute approximate surface area is 114 Å². The number of ether oxygens (including phenoxy) is 1. The lowest BCUT2D eigenvalue weighted by molar-refractivity contribution is 0.0665. The number of hydrogen-bond acceptors (Lipinski definition) is 2. The second-order valence-electron chi connectivity index (χ2n) is 3.63. The van der Waals surface area contributed by atoms with Crippen LogP contribution in [0, 0.1) is 0 Å². The predicted molar refractivity (Wildman–Crippen MR) is 75.0 cm³/mol. The highest BCUT2D eigenvalue weighted by Crippen LogP contribution is 2.13. The molecule has 0 heterocycles. The van der Waals surface area contributed by atoms with Crippen molar-refractivity contribution in [1.82, 2.24) is 0 Å². The maximum Gasteiger partial charge on any atom is 0.342 e. The van der Waals surface area contributed by atoms with Gasteiger partial charge in [-0.05, 0) is 35.9 Å².